The number of piperidine rings is 1. The van der Waals surface area contributed by atoms with Crippen molar-refractivity contribution in [3.8, 4) is 5.75 Å². The van der Waals surface area contributed by atoms with Crippen LogP contribution in [0.15, 0.2) is 43.0 Å². The van der Waals surface area contributed by atoms with Crippen LogP contribution in [0.25, 0.3) is 5.52 Å². The highest BCUT2D eigenvalue weighted by molar-refractivity contribution is 7.15. The number of thiazole rings is 1. The summed E-state index contributed by atoms with van der Waals surface area (Å²) in [6.45, 7) is 5.96. The number of anilines is 3. The molecule has 5 rings (SSSR count). The molecule has 39 heavy (non-hydrogen) atoms. The molecule has 3 aromatic heterocycles. The van der Waals surface area contributed by atoms with Crippen LogP contribution in [0.1, 0.15) is 29.7 Å². The minimum absolute atomic E-state index is 0.143. The lowest BCUT2D eigenvalue weighted by Gasteiger charge is -2.30. The van der Waals surface area contributed by atoms with Gasteiger partial charge >= 0.3 is 0 Å². The summed E-state index contributed by atoms with van der Waals surface area (Å²) in [7, 11) is 0. The number of fused-ring (bicyclic) bond motifs is 1. The fraction of sp³-hybridized carbons (Fsp3) is 0.407. The number of aromatic nitrogens is 4. The van der Waals surface area contributed by atoms with E-state index in [2.05, 4.69) is 30.6 Å². The van der Waals surface area contributed by atoms with Gasteiger partial charge in [0.15, 0.2) is 10.9 Å². The number of aliphatic hydroxyl groups is 1. The van der Waals surface area contributed by atoms with Gasteiger partial charge in [0.1, 0.15) is 17.6 Å². The molecule has 0 atom stereocenters. The van der Waals surface area contributed by atoms with Crippen molar-refractivity contribution in [1.29, 1.82) is 0 Å². The standard InChI is InChI=1S/C27H32ClN7O3S/c1-18-23(38-11-3-8-34-9-6-19(16-36)7-10-34)15-35-25(18)26(30-17-31-35)33-27-29-14-22(39-27)13-24(37)32-21-5-2-4-20(28)12-21/h2,4-5,12,14-15,17,19,36H,3,6-11,13,16H2,1H3,(H,32,37)(H,29,30,31,33). The second kappa shape index (κ2) is 12.7. The van der Waals surface area contributed by atoms with E-state index in [4.69, 9.17) is 16.3 Å². The Morgan fingerprint density at radius 3 is 2.92 bits per heavy atom. The first-order chi connectivity index (χ1) is 19.0. The molecule has 1 fully saturated rings. The lowest BCUT2D eigenvalue weighted by atomic mass is 9.98. The number of aryl methyl sites for hydroxylation is 1. The Hall–Kier alpha value is -3.25. The second-order valence-corrected chi connectivity index (χ2v) is 11.2. The first-order valence-corrected chi connectivity index (χ1v) is 14.2. The number of benzene rings is 1. The molecule has 4 heterocycles. The Labute approximate surface area is 236 Å². The summed E-state index contributed by atoms with van der Waals surface area (Å²) < 4.78 is 7.87. The van der Waals surface area contributed by atoms with Gasteiger partial charge in [-0.1, -0.05) is 17.7 Å². The normalized spacial score (nSPS) is 14.5. The van der Waals surface area contributed by atoms with Crippen LogP contribution in [-0.4, -0.2) is 68.3 Å². The highest BCUT2D eigenvalue weighted by atomic mass is 35.5. The number of rotatable bonds is 11. The molecule has 1 aliphatic rings. The average molecular weight is 570 g/mol. The molecule has 0 bridgehead atoms. The molecule has 0 unspecified atom stereocenters. The van der Waals surface area contributed by atoms with E-state index in [0.717, 1.165) is 60.6 Å². The predicted molar refractivity (Wildman–Crippen MR) is 153 cm³/mol. The summed E-state index contributed by atoms with van der Waals surface area (Å²) in [6.07, 6.45) is 8.30. The van der Waals surface area contributed by atoms with Crippen LogP contribution in [-0.2, 0) is 11.2 Å². The topological polar surface area (TPSA) is 117 Å². The van der Waals surface area contributed by atoms with Crippen molar-refractivity contribution in [1.82, 2.24) is 24.5 Å². The summed E-state index contributed by atoms with van der Waals surface area (Å²) in [6, 6.07) is 7.05. The molecule has 3 N–H and O–H groups in total. The van der Waals surface area contributed by atoms with Crippen molar-refractivity contribution in [3.63, 3.8) is 0 Å². The zero-order valence-corrected chi connectivity index (χ0v) is 23.3. The molecule has 12 heteroatoms. The van der Waals surface area contributed by atoms with E-state index in [0.29, 0.717) is 40.8 Å². The number of likely N-dealkylation sites (tertiary alicyclic amines) is 1. The Bertz CT molecular complexity index is 1420. The Kier molecular flexibility index (Phi) is 8.92. The smallest absolute Gasteiger partial charge is 0.229 e. The molecule has 1 saturated heterocycles. The summed E-state index contributed by atoms with van der Waals surface area (Å²) >= 11 is 7.39. The van der Waals surface area contributed by atoms with Gasteiger partial charge in [-0.25, -0.2) is 14.5 Å². The average Bonchev–Trinajstić information content (AvgIpc) is 3.50. The fourth-order valence-electron chi connectivity index (χ4n) is 4.72. The van der Waals surface area contributed by atoms with Crippen LogP contribution in [0, 0.1) is 12.8 Å². The lowest BCUT2D eigenvalue weighted by molar-refractivity contribution is -0.115. The van der Waals surface area contributed by atoms with E-state index >= 15 is 0 Å². The molecule has 1 aromatic carbocycles. The molecule has 10 nitrogen and oxygen atoms in total. The van der Waals surface area contributed by atoms with Gasteiger partial charge in [0, 0.05) is 40.5 Å². The first-order valence-electron chi connectivity index (χ1n) is 13.0. The van der Waals surface area contributed by atoms with Crippen molar-refractivity contribution in [3.05, 3.63) is 58.4 Å². The molecular formula is C27H32ClN7O3S. The van der Waals surface area contributed by atoms with Crippen molar-refractivity contribution in [2.75, 3.05) is 43.5 Å². The molecule has 4 aromatic rings. The van der Waals surface area contributed by atoms with Gasteiger partial charge in [0.05, 0.1) is 19.2 Å². The lowest BCUT2D eigenvalue weighted by Crippen LogP contribution is -2.35. The van der Waals surface area contributed by atoms with Crippen molar-refractivity contribution >= 4 is 51.0 Å². The van der Waals surface area contributed by atoms with Crippen molar-refractivity contribution in [2.24, 2.45) is 5.92 Å². The number of carbonyl (C=O) groups is 1. The van der Waals surface area contributed by atoms with E-state index in [-0.39, 0.29) is 12.3 Å². The monoisotopic (exact) mass is 569 g/mol. The highest BCUT2D eigenvalue weighted by Gasteiger charge is 2.19. The van der Waals surface area contributed by atoms with Gasteiger partial charge in [0.2, 0.25) is 5.91 Å². The molecule has 0 aliphatic carbocycles. The maximum Gasteiger partial charge on any atom is 0.229 e. The van der Waals surface area contributed by atoms with Gasteiger partial charge in [-0.05, 0) is 63.4 Å². The number of nitrogens with zero attached hydrogens (tertiary/aromatic N) is 5. The quantitative estimate of drug-likeness (QED) is 0.225. The molecule has 0 spiro atoms. The predicted octanol–water partition coefficient (Wildman–Crippen LogP) is 4.55. The third-order valence-corrected chi connectivity index (χ3v) is 7.99. The van der Waals surface area contributed by atoms with Crippen molar-refractivity contribution < 1.29 is 14.6 Å². The van der Waals surface area contributed by atoms with Crippen LogP contribution in [0.2, 0.25) is 5.02 Å². The number of halogens is 1. The van der Waals surface area contributed by atoms with Crippen LogP contribution < -0.4 is 15.4 Å². The van der Waals surface area contributed by atoms with Crippen LogP contribution in [0.4, 0.5) is 16.6 Å². The summed E-state index contributed by atoms with van der Waals surface area (Å²) in [5.41, 5.74) is 2.41. The maximum atomic E-state index is 12.5. The Morgan fingerprint density at radius 2 is 2.13 bits per heavy atom. The largest absolute Gasteiger partial charge is 0.492 e. The highest BCUT2D eigenvalue weighted by Crippen LogP contribution is 2.31. The third-order valence-electron chi connectivity index (χ3n) is 6.84. The van der Waals surface area contributed by atoms with E-state index < -0.39 is 0 Å². The number of aliphatic hydroxyl groups excluding tert-OH is 1. The van der Waals surface area contributed by atoms with Gasteiger partial charge in [0.25, 0.3) is 0 Å². The summed E-state index contributed by atoms with van der Waals surface area (Å²) in [4.78, 5) is 24.6. The van der Waals surface area contributed by atoms with E-state index in [1.807, 2.05) is 13.1 Å². The molecule has 1 amide bonds. The van der Waals surface area contributed by atoms with Gasteiger partial charge in [-0.2, -0.15) is 5.10 Å². The van der Waals surface area contributed by atoms with Crippen LogP contribution >= 0.6 is 22.9 Å². The number of amides is 1. The number of nitrogens with one attached hydrogen (secondary N) is 2. The fourth-order valence-corrected chi connectivity index (χ4v) is 5.72. The van der Waals surface area contributed by atoms with Gasteiger partial charge in [-0.15, -0.1) is 11.3 Å². The zero-order valence-electron chi connectivity index (χ0n) is 21.8. The summed E-state index contributed by atoms with van der Waals surface area (Å²) in [5.74, 6) is 1.70. The Morgan fingerprint density at radius 1 is 1.28 bits per heavy atom. The number of hydrogen-bond acceptors (Lipinski definition) is 9. The molecule has 1 aliphatic heterocycles. The molecule has 0 saturated carbocycles. The van der Waals surface area contributed by atoms with Crippen LogP contribution in [0.5, 0.6) is 5.75 Å². The molecule has 206 valence electrons. The maximum absolute atomic E-state index is 12.5. The van der Waals surface area contributed by atoms with Gasteiger partial charge < -0.3 is 25.4 Å². The zero-order chi connectivity index (χ0) is 27.2. The third kappa shape index (κ3) is 7.04. The second-order valence-electron chi connectivity index (χ2n) is 9.68. The molecular weight excluding hydrogens is 538 g/mol. The number of carbonyl (C=O) groups excluding carboxylic acids is 1. The number of ether oxygens (including phenoxy) is 1. The minimum atomic E-state index is -0.143. The van der Waals surface area contributed by atoms with Crippen LogP contribution in [0.3, 0.4) is 0 Å². The SMILES string of the molecule is Cc1c(OCCCN2CCC(CO)CC2)cn2ncnc(Nc3ncc(CC(=O)Nc4cccc(Cl)c4)s3)c12. The first kappa shape index (κ1) is 27.3. The van der Waals surface area contributed by atoms with E-state index in [1.165, 1.54) is 17.7 Å². The molecule has 0 radical (unpaired) electrons. The van der Waals surface area contributed by atoms with Crippen molar-refractivity contribution in [2.45, 2.75) is 32.6 Å². The van der Waals surface area contributed by atoms with E-state index in [9.17, 15) is 9.90 Å². The Balaban J connectivity index is 1.17. The minimum Gasteiger partial charge on any atom is -0.492 e. The number of hydrogen-bond donors (Lipinski definition) is 3. The summed E-state index contributed by atoms with van der Waals surface area (Å²) in [5, 5.41) is 21.0. The van der Waals surface area contributed by atoms with Gasteiger partial charge in [-0.3, -0.25) is 4.79 Å². The van der Waals surface area contributed by atoms with E-state index in [1.54, 1.807) is 35.0 Å².